The lowest BCUT2D eigenvalue weighted by Crippen LogP contribution is -2.22. The number of carbonyl (C=O) groups excluding carboxylic acids is 1. The first-order valence-corrected chi connectivity index (χ1v) is 5.46. The van der Waals surface area contributed by atoms with Crippen LogP contribution in [0.15, 0.2) is 18.2 Å². The molecule has 0 atom stereocenters. The number of rotatable bonds is 6. The third-order valence-corrected chi connectivity index (χ3v) is 2.28. The fourth-order valence-electron chi connectivity index (χ4n) is 1.35. The molecule has 0 saturated carbocycles. The molecule has 0 heterocycles. The van der Waals surface area contributed by atoms with Crippen molar-refractivity contribution in [3.8, 4) is 12.0 Å². The lowest BCUT2D eigenvalue weighted by molar-refractivity contribution is -0.134. The normalized spacial score (nSPS) is 10.1. The maximum absolute atomic E-state index is 12.8. The van der Waals surface area contributed by atoms with Crippen molar-refractivity contribution in [2.24, 2.45) is 0 Å². The van der Waals surface area contributed by atoms with Gasteiger partial charge in [0.1, 0.15) is 12.4 Å². The lowest BCUT2D eigenvalue weighted by atomic mass is 10.1. The zero-order chi connectivity index (χ0) is 14.3. The number of nitrogens with one attached hydrogen (secondary N) is 1. The van der Waals surface area contributed by atoms with Gasteiger partial charge in [0.05, 0.1) is 0 Å². The van der Waals surface area contributed by atoms with E-state index in [1.54, 1.807) is 6.92 Å². The molecule has 0 aliphatic carbocycles. The molecule has 1 aromatic rings. The maximum Gasteiger partial charge on any atom is 0.292 e. The van der Waals surface area contributed by atoms with Crippen molar-refractivity contribution < 1.29 is 23.1 Å². The highest BCUT2D eigenvalue weighted by molar-refractivity contribution is 5.74. The Morgan fingerprint density at radius 3 is 2.84 bits per heavy atom. The van der Waals surface area contributed by atoms with Gasteiger partial charge in [0.2, 0.25) is 5.91 Å². The number of hydroxylamine groups is 1. The van der Waals surface area contributed by atoms with Gasteiger partial charge in [-0.1, -0.05) is 19.1 Å². The standard InChI is InChI=1S/C12H12F2N2O3/c1-2-11(17)16-19-6-9-8(12(13)14)4-3-5-10(9)18-7-15/h3-5,12H,2,6H2,1H3,(H,16,17). The Hall–Kier alpha value is -2.20. The molecular weight excluding hydrogens is 258 g/mol. The summed E-state index contributed by atoms with van der Waals surface area (Å²) in [7, 11) is 0. The molecule has 102 valence electrons. The van der Waals surface area contributed by atoms with E-state index in [0.717, 1.165) is 0 Å². The van der Waals surface area contributed by atoms with E-state index in [0.29, 0.717) is 0 Å². The van der Waals surface area contributed by atoms with E-state index < -0.39 is 6.43 Å². The Bertz CT molecular complexity index is 486. The summed E-state index contributed by atoms with van der Waals surface area (Å²) in [5.74, 6) is -0.400. The molecule has 0 aliphatic heterocycles. The molecule has 19 heavy (non-hydrogen) atoms. The summed E-state index contributed by atoms with van der Waals surface area (Å²) in [6.07, 6.45) is -1.11. The van der Waals surface area contributed by atoms with Crippen molar-refractivity contribution in [2.45, 2.75) is 26.4 Å². The molecule has 0 saturated heterocycles. The van der Waals surface area contributed by atoms with E-state index in [9.17, 15) is 13.6 Å². The van der Waals surface area contributed by atoms with E-state index in [1.807, 2.05) is 0 Å². The molecule has 0 unspecified atom stereocenters. The molecule has 1 amide bonds. The number of hydrogen-bond acceptors (Lipinski definition) is 4. The summed E-state index contributed by atoms with van der Waals surface area (Å²) in [6.45, 7) is 1.30. The summed E-state index contributed by atoms with van der Waals surface area (Å²) in [5, 5.41) is 8.46. The Kier molecular flexibility index (Phi) is 5.70. The number of amides is 1. The second-order valence-corrected chi connectivity index (χ2v) is 3.49. The average Bonchev–Trinajstić information content (AvgIpc) is 2.40. The summed E-state index contributed by atoms with van der Waals surface area (Å²) in [5.41, 5.74) is 1.81. The molecule has 0 aliphatic rings. The van der Waals surface area contributed by atoms with Crippen molar-refractivity contribution in [1.82, 2.24) is 5.48 Å². The fraction of sp³-hybridized carbons (Fsp3) is 0.333. The van der Waals surface area contributed by atoms with Gasteiger partial charge in [-0.05, 0) is 6.07 Å². The predicted molar refractivity (Wildman–Crippen MR) is 60.9 cm³/mol. The Morgan fingerprint density at radius 1 is 1.53 bits per heavy atom. The number of carbonyl (C=O) groups is 1. The highest BCUT2D eigenvalue weighted by Crippen LogP contribution is 2.30. The summed E-state index contributed by atoms with van der Waals surface area (Å²) in [6, 6.07) is 3.92. The third kappa shape index (κ3) is 4.19. The van der Waals surface area contributed by atoms with Gasteiger partial charge < -0.3 is 4.74 Å². The van der Waals surface area contributed by atoms with Gasteiger partial charge in [-0.25, -0.2) is 14.3 Å². The summed E-state index contributed by atoms with van der Waals surface area (Å²) < 4.78 is 30.2. The molecule has 0 aromatic heterocycles. The van der Waals surface area contributed by atoms with Crippen LogP contribution >= 0.6 is 0 Å². The van der Waals surface area contributed by atoms with Crippen LogP contribution in [0.3, 0.4) is 0 Å². The topological polar surface area (TPSA) is 71.3 Å². The quantitative estimate of drug-likeness (QED) is 0.636. The van der Waals surface area contributed by atoms with Crippen molar-refractivity contribution in [1.29, 1.82) is 5.26 Å². The molecule has 1 N–H and O–H groups in total. The first kappa shape index (κ1) is 14.9. The third-order valence-electron chi connectivity index (χ3n) is 2.28. The van der Waals surface area contributed by atoms with Gasteiger partial charge in [-0.3, -0.25) is 9.63 Å². The molecular formula is C12H12F2N2O3. The predicted octanol–water partition coefficient (Wildman–Crippen LogP) is 2.44. The minimum atomic E-state index is -2.73. The molecule has 7 heteroatoms. The number of ether oxygens (including phenoxy) is 1. The Balaban J connectivity index is 2.88. The first-order chi connectivity index (χ1) is 9.10. The van der Waals surface area contributed by atoms with E-state index in [4.69, 9.17) is 10.1 Å². The number of alkyl halides is 2. The van der Waals surface area contributed by atoms with Crippen LogP contribution in [-0.4, -0.2) is 5.91 Å². The minimum Gasteiger partial charge on any atom is -0.388 e. The van der Waals surface area contributed by atoms with Gasteiger partial charge in [0.15, 0.2) is 0 Å². The monoisotopic (exact) mass is 270 g/mol. The number of halogens is 2. The van der Waals surface area contributed by atoms with Crippen LogP contribution in [0.25, 0.3) is 0 Å². The van der Waals surface area contributed by atoms with E-state index in [-0.39, 0.29) is 35.8 Å². The maximum atomic E-state index is 12.8. The largest absolute Gasteiger partial charge is 0.388 e. The van der Waals surface area contributed by atoms with E-state index in [2.05, 4.69) is 10.2 Å². The van der Waals surface area contributed by atoms with Gasteiger partial charge in [0.25, 0.3) is 12.7 Å². The van der Waals surface area contributed by atoms with Gasteiger partial charge in [-0.15, -0.1) is 5.26 Å². The van der Waals surface area contributed by atoms with Crippen LogP contribution < -0.4 is 10.2 Å². The van der Waals surface area contributed by atoms with Crippen molar-refractivity contribution in [2.75, 3.05) is 0 Å². The van der Waals surface area contributed by atoms with Crippen LogP contribution in [-0.2, 0) is 16.2 Å². The van der Waals surface area contributed by atoms with E-state index >= 15 is 0 Å². The lowest BCUT2D eigenvalue weighted by Gasteiger charge is -2.12. The first-order valence-electron chi connectivity index (χ1n) is 5.46. The number of nitrogens with zero attached hydrogens (tertiary/aromatic N) is 1. The smallest absolute Gasteiger partial charge is 0.292 e. The SMILES string of the molecule is CCC(=O)NOCc1c(OC#N)cccc1C(F)F. The fourth-order valence-corrected chi connectivity index (χ4v) is 1.35. The zero-order valence-corrected chi connectivity index (χ0v) is 10.2. The highest BCUT2D eigenvalue weighted by Gasteiger charge is 2.17. The minimum absolute atomic E-state index is 0.0222. The molecule has 0 radical (unpaired) electrons. The number of hydrogen-bond donors (Lipinski definition) is 1. The van der Waals surface area contributed by atoms with Crippen molar-refractivity contribution in [3.05, 3.63) is 29.3 Å². The van der Waals surface area contributed by atoms with Crippen LogP contribution in [0.5, 0.6) is 5.75 Å². The summed E-state index contributed by atoms with van der Waals surface area (Å²) >= 11 is 0. The number of nitriles is 1. The van der Waals surface area contributed by atoms with Gasteiger partial charge in [-0.2, -0.15) is 0 Å². The second kappa shape index (κ2) is 7.28. The molecule has 0 bridgehead atoms. The Morgan fingerprint density at radius 2 is 2.26 bits per heavy atom. The van der Waals surface area contributed by atoms with Crippen LogP contribution in [0, 0.1) is 11.5 Å². The zero-order valence-electron chi connectivity index (χ0n) is 10.2. The average molecular weight is 270 g/mol. The highest BCUT2D eigenvalue weighted by atomic mass is 19.3. The molecule has 5 nitrogen and oxygen atoms in total. The molecule has 0 fully saturated rings. The number of benzene rings is 1. The van der Waals surface area contributed by atoms with E-state index in [1.165, 1.54) is 24.5 Å². The molecule has 1 aromatic carbocycles. The molecule has 0 spiro atoms. The van der Waals surface area contributed by atoms with Gasteiger partial charge >= 0.3 is 0 Å². The second-order valence-electron chi connectivity index (χ2n) is 3.49. The van der Waals surface area contributed by atoms with Gasteiger partial charge in [0, 0.05) is 17.5 Å². The molecule has 1 rings (SSSR count). The van der Waals surface area contributed by atoms with Crippen molar-refractivity contribution in [3.63, 3.8) is 0 Å². The van der Waals surface area contributed by atoms with Crippen LogP contribution in [0.4, 0.5) is 8.78 Å². The summed E-state index contributed by atoms with van der Waals surface area (Å²) in [4.78, 5) is 15.8. The van der Waals surface area contributed by atoms with Crippen molar-refractivity contribution >= 4 is 5.91 Å². The van der Waals surface area contributed by atoms with Crippen LogP contribution in [0.1, 0.15) is 30.9 Å². The Labute approximate surface area is 108 Å². The van der Waals surface area contributed by atoms with Crippen LogP contribution in [0.2, 0.25) is 0 Å².